The van der Waals surface area contributed by atoms with Gasteiger partial charge in [0.15, 0.2) is 5.76 Å². The van der Waals surface area contributed by atoms with E-state index in [0.29, 0.717) is 16.7 Å². The predicted octanol–water partition coefficient (Wildman–Crippen LogP) is 1.14. The lowest BCUT2D eigenvalue weighted by molar-refractivity contribution is 0.363. The maximum absolute atomic E-state index is 12.1. The lowest BCUT2D eigenvalue weighted by atomic mass is 10.2. The van der Waals surface area contributed by atoms with E-state index in [1.165, 1.54) is 4.68 Å². The molecule has 0 aliphatic carbocycles. The Bertz CT molecular complexity index is 760. The Hall–Kier alpha value is -2.50. The van der Waals surface area contributed by atoms with E-state index in [1.807, 2.05) is 13.0 Å². The van der Waals surface area contributed by atoms with E-state index >= 15 is 0 Å². The monoisotopic (exact) mass is 242 g/mol. The molecule has 0 fully saturated rings. The van der Waals surface area contributed by atoms with Crippen LogP contribution in [0.2, 0.25) is 0 Å². The summed E-state index contributed by atoms with van der Waals surface area (Å²) in [5.41, 5.74) is 1.17. The van der Waals surface area contributed by atoms with Gasteiger partial charge in [-0.05, 0) is 19.1 Å². The molecule has 3 rings (SSSR count). The first-order valence-electron chi connectivity index (χ1n) is 5.49. The fourth-order valence-electron chi connectivity index (χ4n) is 1.77. The van der Waals surface area contributed by atoms with Crippen LogP contribution in [0.4, 0.5) is 0 Å². The number of hydrogen-bond acceptors (Lipinski definition) is 5. The van der Waals surface area contributed by atoms with Gasteiger partial charge in [0.05, 0.1) is 11.1 Å². The van der Waals surface area contributed by atoms with Gasteiger partial charge in [0, 0.05) is 6.07 Å². The third kappa shape index (κ3) is 1.77. The van der Waals surface area contributed by atoms with Crippen molar-refractivity contribution in [2.24, 2.45) is 0 Å². The summed E-state index contributed by atoms with van der Waals surface area (Å²) in [4.78, 5) is 12.1. The van der Waals surface area contributed by atoms with Crippen molar-refractivity contribution in [3.63, 3.8) is 0 Å². The molecule has 0 radical (unpaired) electrons. The molecule has 6 heteroatoms. The highest BCUT2D eigenvalue weighted by Gasteiger charge is 2.08. The van der Waals surface area contributed by atoms with E-state index in [-0.39, 0.29) is 12.1 Å². The normalized spacial score (nSPS) is 10.9. The van der Waals surface area contributed by atoms with Gasteiger partial charge in [-0.25, -0.2) is 4.68 Å². The maximum atomic E-state index is 12.1. The summed E-state index contributed by atoms with van der Waals surface area (Å²) in [6, 6.07) is 8.87. The molecule has 1 aromatic carbocycles. The Morgan fingerprint density at radius 3 is 2.94 bits per heavy atom. The zero-order chi connectivity index (χ0) is 12.5. The Kier molecular flexibility index (Phi) is 2.40. The number of hydrogen-bond donors (Lipinski definition) is 0. The number of benzene rings is 1. The molecule has 90 valence electrons. The largest absolute Gasteiger partial charge is 0.359 e. The van der Waals surface area contributed by atoms with Gasteiger partial charge in [-0.3, -0.25) is 4.79 Å². The highest BCUT2D eigenvalue weighted by Crippen LogP contribution is 2.06. The van der Waals surface area contributed by atoms with E-state index in [0.717, 1.165) is 5.69 Å². The molecule has 0 aliphatic rings. The molecule has 0 atom stereocenters. The second kappa shape index (κ2) is 4.06. The highest BCUT2D eigenvalue weighted by molar-refractivity contribution is 5.76. The fraction of sp³-hybridized carbons (Fsp3) is 0.167. The van der Waals surface area contributed by atoms with Crippen molar-refractivity contribution >= 4 is 10.9 Å². The lowest BCUT2D eigenvalue weighted by Gasteiger charge is -2.01. The molecule has 0 bridgehead atoms. The van der Waals surface area contributed by atoms with E-state index in [2.05, 4.69) is 15.5 Å². The second-order valence-corrected chi connectivity index (χ2v) is 4.00. The Morgan fingerprint density at radius 2 is 2.17 bits per heavy atom. The van der Waals surface area contributed by atoms with Crippen LogP contribution in [0.5, 0.6) is 0 Å². The Labute approximate surface area is 102 Å². The Balaban J connectivity index is 2.08. The SMILES string of the molecule is Cc1cc(Cn2nnc3ccccc3c2=O)on1. The van der Waals surface area contributed by atoms with Gasteiger partial charge in [0.2, 0.25) is 0 Å². The van der Waals surface area contributed by atoms with E-state index in [9.17, 15) is 4.79 Å². The van der Waals surface area contributed by atoms with Crippen LogP contribution in [0.25, 0.3) is 10.9 Å². The van der Waals surface area contributed by atoms with Crippen molar-refractivity contribution in [3.8, 4) is 0 Å². The number of fused-ring (bicyclic) bond motifs is 1. The molecule has 0 amide bonds. The maximum Gasteiger partial charge on any atom is 0.278 e. The summed E-state index contributed by atoms with van der Waals surface area (Å²) in [7, 11) is 0. The molecule has 2 aromatic heterocycles. The number of aromatic nitrogens is 4. The van der Waals surface area contributed by atoms with Crippen LogP contribution < -0.4 is 5.56 Å². The van der Waals surface area contributed by atoms with Crippen molar-refractivity contribution < 1.29 is 4.52 Å². The van der Waals surface area contributed by atoms with Crippen LogP contribution in [-0.4, -0.2) is 20.2 Å². The molecule has 0 spiro atoms. The third-order valence-electron chi connectivity index (χ3n) is 2.61. The van der Waals surface area contributed by atoms with Gasteiger partial charge < -0.3 is 4.52 Å². The fourth-order valence-corrected chi connectivity index (χ4v) is 1.77. The van der Waals surface area contributed by atoms with Crippen LogP contribution in [0, 0.1) is 6.92 Å². The summed E-state index contributed by atoms with van der Waals surface area (Å²) in [6.07, 6.45) is 0. The molecule has 0 N–H and O–H groups in total. The molecular weight excluding hydrogens is 232 g/mol. The second-order valence-electron chi connectivity index (χ2n) is 4.00. The summed E-state index contributed by atoms with van der Waals surface area (Å²) >= 11 is 0. The smallest absolute Gasteiger partial charge is 0.278 e. The van der Waals surface area contributed by atoms with Gasteiger partial charge >= 0.3 is 0 Å². The minimum absolute atomic E-state index is 0.186. The molecule has 3 aromatic rings. The summed E-state index contributed by atoms with van der Waals surface area (Å²) in [6.45, 7) is 2.05. The lowest BCUT2D eigenvalue weighted by Crippen LogP contribution is -2.24. The van der Waals surface area contributed by atoms with Crippen molar-refractivity contribution in [2.45, 2.75) is 13.5 Å². The molecule has 6 nitrogen and oxygen atoms in total. The van der Waals surface area contributed by atoms with E-state index in [1.54, 1.807) is 24.3 Å². The standard InChI is InChI=1S/C12H10N4O2/c1-8-6-9(18-14-8)7-16-12(17)10-4-2-3-5-11(10)13-15-16/h2-6H,7H2,1H3. The van der Waals surface area contributed by atoms with Crippen LogP contribution in [0.3, 0.4) is 0 Å². The quantitative estimate of drug-likeness (QED) is 0.673. The van der Waals surface area contributed by atoms with Crippen molar-refractivity contribution in [3.05, 3.63) is 52.1 Å². The van der Waals surface area contributed by atoms with Crippen molar-refractivity contribution in [1.82, 2.24) is 20.2 Å². The molecule has 0 aliphatic heterocycles. The number of nitrogens with zero attached hydrogens (tertiary/aromatic N) is 4. The third-order valence-corrected chi connectivity index (χ3v) is 2.61. The minimum atomic E-state index is -0.186. The van der Waals surface area contributed by atoms with E-state index < -0.39 is 0 Å². The zero-order valence-corrected chi connectivity index (χ0v) is 9.70. The molecular formula is C12H10N4O2. The van der Waals surface area contributed by atoms with Crippen molar-refractivity contribution in [2.75, 3.05) is 0 Å². The van der Waals surface area contributed by atoms with E-state index in [4.69, 9.17) is 4.52 Å². The van der Waals surface area contributed by atoms with Crippen LogP contribution in [0.15, 0.2) is 39.6 Å². The number of rotatable bonds is 2. The predicted molar refractivity (Wildman–Crippen MR) is 64.1 cm³/mol. The van der Waals surface area contributed by atoms with Crippen LogP contribution in [-0.2, 0) is 6.54 Å². The zero-order valence-electron chi connectivity index (χ0n) is 9.70. The first-order valence-corrected chi connectivity index (χ1v) is 5.49. The first kappa shape index (κ1) is 10.6. The first-order chi connectivity index (χ1) is 8.74. The minimum Gasteiger partial charge on any atom is -0.359 e. The topological polar surface area (TPSA) is 73.8 Å². The molecule has 0 unspecified atom stereocenters. The summed E-state index contributed by atoms with van der Waals surface area (Å²) in [5, 5.41) is 12.2. The Morgan fingerprint density at radius 1 is 1.33 bits per heavy atom. The summed E-state index contributed by atoms with van der Waals surface area (Å²) < 4.78 is 6.32. The van der Waals surface area contributed by atoms with Gasteiger partial charge in [0.1, 0.15) is 12.1 Å². The van der Waals surface area contributed by atoms with Gasteiger partial charge in [-0.1, -0.05) is 22.5 Å². The van der Waals surface area contributed by atoms with Crippen LogP contribution >= 0.6 is 0 Å². The highest BCUT2D eigenvalue weighted by atomic mass is 16.5. The van der Waals surface area contributed by atoms with Crippen molar-refractivity contribution in [1.29, 1.82) is 0 Å². The average Bonchev–Trinajstić information content (AvgIpc) is 2.79. The van der Waals surface area contributed by atoms with Gasteiger partial charge in [-0.15, -0.1) is 5.10 Å². The molecule has 0 saturated heterocycles. The van der Waals surface area contributed by atoms with Gasteiger partial charge in [0.25, 0.3) is 5.56 Å². The summed E-state index contributed by atoms with van der Waals surface area (Å²) in [5.74, 6) is 0.583. The van der Waals surface area contributed by atoms with Crippen LogP contribution in [0.1, 0.15) is 11.5 Å². The molecule has 2 heterocycles. The molecule has 18 heavy (non-hydrogen) atoms. The van der Waals surface area contributed by atoms with Gasteiger partial charge in [-0.2, -0.15) is 0 Å². The average molecular weight is 242 g/mol. The number of aryl methyl sites for hydroxylation is 1. The molecule has 0 saturated carbocycles.